The predicted molar refractivity (Wildman–Crippen MR) is 87.0 cm³/mol. The number of carbonyl (C=O) groups excluding carboxylic acids is 3. The molecule has 2 rings (SSSR count). The summed E-state index contributed by atoms with van der Waals surface area (Å²) in [6.07, 6.45) is 3.81. The first-order chi connectivity index (χ1) is 10.2. The van der Waals surface area contributed by atoms with Gasteiger partial charge in [0.15, 0.2) is 5.78 Å². The van der Waals surface area contributed by atoms with Gasteiger partial charge < -0.3 is 5.32 Å². The quantitative estimate of drug-likeness (QED) is 0.785. The van der Waals surface area contributed by atoms with Crippen molar-refractivity contribution in [1.29, 1.82) is 0 Å². The molecular weight excluding hydrogens is 300 g/mol. The molecule has 1 atom stereocenters. The fourth-order valence-electron chi connectivity index (χ4n) is 2.19. The van der Waals surface area contributed by atoms with Gasteiger partial charge in [0, 0.05) is 17.5 Å². The standard InChI is InChI=1S/C16H24N2O3S/c1-10(11-5-6-11)17-13(20)8-18-14(21)9-22-15(18)7-12(19)16(2,3)4/h7,10-11H,5-6,8-9H2,1-4H3,(H,17,20)/b15-7+/t10-/m0/s1. The number of ketones is 1. The number of hydrogen-bond acceptors (Lipinski definition) is 4. The highest BCUT2D eigenvalue weighted by Gasteiger charge is 2.33. The normalized spacial score (nSPS) is 22.1. The van der Waals surface area contributed by atoms with Crippen LogP contribution >= 0.6 is 11.8 Å². The van der Waals surface area contributed by atoms with Crippen LogP contribution in [0.2, 0.25) is 0 Å². The molecule has 2 fully saturated rings. The van der Waals surface area contributed by atoms with E-state index in [9.17, 15) is 14.4 Å². The lowest BCUT2D eigenvalue weighted by Crippen LogP contribution is -2.42. The minimum absolute atomic E-state index is 0.00779. The maximum absolute atomic E-state index is 12.1. The molecule has 6 heteroatoms. The highest BCUT2D eigenvalue weighted by Crippen LogP contribution is 2.33. The third-order valence-corrected chi connectivity index (χ3v) is 4.95. The first kappa shape index (κ1) is 17.1. The van der Waals surface area contributed by atoms with Gasteiger partial charge in [-0.05, 0) is 25.7 Å². The molecule has 0 aromatic heterocycles. The summed E-state index contributed by atoms with van der Waals surface area (Å²) >= 11 is 1.32. The van der Waals surface area contributed by atoms with Crippen LogP contribution in [0.5, 0.6) is 0 Å². The summed E-state index contributed by atoms with van der Waals surface area (Å²) in [5.41, 5.74) is -0.492. The lowest BCUT2D eigenvalue weighted by Gasteiger charge is -2.20. The number of allylic oxidation sites excluding steroid dienone is 1. The minimum atomic E-state index is -0.492. The van der Waals surface area contributed by atoms with Crippen LogP contribution in [0.15, 0.2) is 11.1 Å². The van der Waals surface area contributed by atoms with Gasteiger partial charge in [0.2, 0.25) is 11.8 Å². The molecule has 1 N–H and O–H groups in total. The van der Waals surface area contributed by atoms with Crippen LogP contribution in [0.4, 0.5) is 0 Å². The number of amides is 2. The van der Waals surface area contributed by atoms with Crippen LogP contribution in [0.25, 0.3) is 0 Å². The van der Waals surface area contributed by atoms with Crippen LogP contribution in [0.3, 0.4) is 0 Å². The third-order valence-electron chi connectivity index (χ3n) is 3.92. The Hall–Kier alpha value is -1.30. The monoisotopic (exact) mass is 324 g/mol. The van der Waals surface area contributed by atoms with Gasteiger partial charge >= 0.3 is 0 Å². The van der Waals surface area contributed by atoms with E-state index in [1.165, 1.54) is 22.7 Å². The topological polar surface area (TPSA) is 66.5 Å². The fraction of sp³-hybridized carbons (Fsp3) is 0.688. The van der Waals surface area contributed by atoms with Crippen LogP contribution in [0, 0.1) is 11.3 Å². The van der Waals surface area contributed by atoms with E-state index in [0.717, 1.165) is 12.8 Å². The van der Waals surface area contributed by atoms with Crippen LogP contribution in [0.1, 0.15) is 40.5 Å². The number of nitrogens with zero attached hydrogens (tertiary/aromatic N) is 1. The summed E-state index contributed by atoms with van der Waals surface area (Å²) < 4.78 is 0. The Balaban J connectivity index is 2.00. The summed E-state index contributed by atoms with van der Waals surface area (Å²) in [7, 11) is 0. The lowest BCUT2D eigenvalue weighted by atomic mass is 9.91. The largest absolute Gasteiger partial charge is 0.352 e. The molecule has 0 spiro atoms. The zero-order valence-corrected chi connectivity index (χ0v) is 14.5. The van der Waals surface area contributed by atoms with Gasteiger partial charge in [0.05, 0.1) is 10.8 Å². The van der Waals surface area contributed by atoms with Crippen LogP contribution in [-0.2, 0) is 14.4 Å². The zero-order valence-electron chi connectivity index (χ0n) is 13.6. The summed E-state index contributed by atoms with van der Waals surface area (Å²) in [6, 6.07) is 0.154. The Morgan fingerprint density at radius 2 is 2.05 bits per heavy atom. The van der Waals surface area contributed by atoms with E-state index < -0.39 is 5.41 Å². The van der Waals surface area contributed by atoms with Crippen molar-refractivity contribution in [3.05, 3.63) is 11.1 Å². The van der Waals surface area contributed by atoms with Gasteiger partial charge in [-0.25, -0.2) is 0 Å². The molecule has 0 bridgehead atoms. The highest BCUT2D eigenvalue weighted by molar-refractivity contribution is 8.04. The van der Waals surface area contributed by atoms with Crippen LogP contribution in [-0.4, -0.2) is 40.8 Å². The molecule has 0 unspecified atom stereocenters. The SMILES string of the molecule is C[C@H](NC(=O)CN1C(=O)CS/C1=C/C(=O)C(C)(C)C)C1CC1. The Bertz CT molecular complexity index is 518. The number of thioether (sulfide) groups is 1. The highest BCUT2D eigenvalue weighted by atomic mass is 32.2. The minimum Gasteiger partial charge on any atom is -0.352 e. The number of hydrogen-bond donors (Lipinski definition) is 1. The van der Waals surface area contributed by atoms with E-state index >= 15 is 0 Å². The van der Waals surface area contributed by atoms with Crippen molar-refractivity contribution >= 4 is 29.4 Å². The van der Waals surface area contributed by atoms with E-state index in [1.807, 2.05) is 27.7 Å². The number of carbonyl (C=O) groups is 3. The van der Waals surface area contributed by atoms with Gasteiger partial charge in [-0.2, -0.15) is 0 Å². The molecule has 0 aromatic carbocycles. The van der Waals surface area contributed by atoms with E-state index in [-0.39, 0.29) is 35.9 Å². The molecule has 2 amide bonds. The lowest BCUT2D eigenvalue weighted by molar-refractivity contribution is -0.131. The summed E-state index contributed by atoms with van der Waals surface area (Å²) in [5.74, 6) is 0.539. The summed E-state index contributed by atoms with van der Waals surface area (Å²) in [5, 5.41) is 3.52. The second-order valence-electron chi connectivity index (χ2n) is 7.06. The molecule has 2 aliphatic rings. The summed E-state index contributed by atoms with van der Waals surface area (Å²) in [4.78, 5) is 37.6. The first-order valence-corrected chi connectivity index (χ1v) is 8.65. The van der Waals surface area contributed by atoms with Crippen molar-refractivity contribution in [2.24, 2.45) is 11.3 Å². The van der Waals surface area contributed by atoms with Crippen LogP contribution < -0.4 is 5.32 Å². The van der Waals surface area contributed by atoms with Gasteiger partial charge in [-0.3, -0.25) is 19.3 Å². The predicted octanol–water partition coefficient (Wildman–Crippen LogP) is 1.93. The zero-order chi connectivity index (χ0) is 16.5. The maximum atomic E-state index is 12.1. The Morgan fingerprint density at radius 3 is 2.59 bits per heavy atom. The van der Waals surface area contributed by atoms with E-state index in [2.05, 4.69) is 5.32 Å². The number of nitrogens with one attached hydrogen (secondary N) is 1. The fourth-order valence-corrected chi connectivity index (χ4v) is 3.13. The molecule has 1 aliphatic heterocycles. The molecule has 1 heterocycles. The molecule has 1 saturated heterocycles. The molecule has 5 nitrogen and oxygen atoms in total. The Morgan fingerprint density at radius 1 is 1.41 bits per heavy atom. The number of rotatable bonds is 5. The average Bonchev–Trinajstić information content (AvgIpc) is 3.19. The maximum Gasteiger partial charge on any atom is 0.240 e. The van der Waals surface area contributed by atoms with Crippen molar-refractivity contribution < 1.29 is 14.4 Å². The Kier molecular flexibility index (Phi) is 5.00. The van der Waals surface area contributed by atoms with Gasteiger partial charge in [-0.1, -0.05) is 32.5 Å². The molecule has 1 saturated carbocycles. The first-order valence-electron chi connectivity index (χ1n) is 7.67. The molecule has 0 radical (unpaired) electrons. The smallest absolute Gasteiger partial charge is 0.240 e. The van der Waals surface area contributed by atoms with Gasteiger partial charge in [-0.15, -0.1) is 0 Å². The van der Waals surface area contributed by atoms with E-state index in [0.29, 0.717) is 10.9 Å². The Labute approximate surface area is 135 Å². The molecule has 122 valence electrons. The third kappa shape index (κ3) is 4.35. The molecular formula is C16H24N2O3S. The average molecular weight is 324 g/mol. The second kappa shape index (κ2) is 6.44. The molecule has 22 heavy (non-hydrogen) atoms. The van der Waals surface area contributed by atoms with E-state index in [1.54, 1.807) is 0 Å². The molecule has 0 aromatic rings. The molecule has 1 aliphatic carbocycles. The van der Waals surface area contributed by atoms with Crippen molar-refractivity contribution in [3.63, 3.8) is 0 Å². The summed E-state index contributed by atoms with van der Waals surface area (Å²) in [6.45, 7) is 7.49. The van der Waals surface area contributed by atoms with E-state index in [4.69, 9.17) is 0 Å². The second-order valence-corrected chi connectivity index (χ2v) is 8.05. The van der Waals surface area contributed by atoms with Gasteiger partial charge in [0.25, 0.3) is 0 Å². The van der Waals surface area contributed by atoms with Crippen molar-refractivity contribution in [2.75, 3.05) is 12.3 Å². The van der Waals surface area contributed by atoms with Crippen molar-refractivity contribution in [2.45, 2.75) is 46.6 Å². The van der Waals surface area contributed by atoms with Crippen molar-refractivity contribution in [1.82, 2.24) is 10.2 Å². The van der Waals surface area contributed by atoms with Gasteiger partial charge in [0.1, 0.15) is 6.54 Å². The van der Waals surface area contributed by atoms with Crippen molar-refractivity contribution in [3.8, 4) is 0 Å².